The predicted molar refractivity (Wildman–Crippen MR) is 225 cm³/mol. The number of aromatic nitrogens is 2. The third-order valence-electron chi connectivity index (χ3n) is 10.0. The summed E-state index contributed by atoms with van der Waals surface area (Å²) in [7, 11) is 0. The standard InChI is InChI=1S/C28H20NO.C22H30N.Ir/c1-16-8-12-22(24-14-17(2)18(3)15-29-24)27-25(16)23-13-11-20-10-9-19-6-4-5-7-21(19)26(20)28(23)30-27;1-16-8-10-17(11-9-16)20-12-18(13-21(2,3)4)19(15-23-20)14-22(5,6)7;/h4-11,13-15H,1-3H3;8-10,12,15H,13-14H2,1-7H3;/q2*-1;. The third-order valence-corrected chi connectivity index (χ3v) is 10.0. The second-order valence-corrected chi connectivity index (χ2v) is 17.2. The van der Waals surface area contributed by atoms with Gasteiger partial charge in [0.15, 0.2) is 0 Å². The summed E-state index contributed by atoms with van der Waals surface area (Å²) in [5.74, 6) is 0. The predicted octanol–water partition coefficient (Wildman–Crippen LogP) is 13.7. The van der Waals surface area contributed by atoms with Crippen LogP contribution in [0.15, 0.2) is 102 Å². The Morgan fingerprint density at radius 3 is 1.96 bits per heavy atom. The molecule has 0 amide bonds. The minimum Gasteiger partial charge on any atom is -0.500 e. The van der Waals surface area contributed by atoms with E-state index in [1.54, 1.807) is 0 Å². The van der Waals surface area contributed by atoms with E-state index in [2.05, 4.69) is 171 Å². The Kier molecular flexibility index (Phi) is 11.0. The average molecular weight is 887 g/mol. The molecule has 0 atom stereocenters. The Morgan fingerprint density at radius 1 is 0.574 bits per heavy atom. The van der Waals surface area contributed by atoms with E-state index in [1.807, 2.05) is 12.3 Å². The number of furan rings is 1. The minimum absolute atomic E-state index is 0. The van der Waals surface area contributed by atoms with Crippen molar-refractivity contribution in [2.24, 2.45) is 10.8 Å². The van der Waals surface area contributed by atoms with E-state index in [9.17, 15) is 0 Å². The number of aryl methyl sites for hydroxylation is 4. The first-order valence-electron chi connectivity index (χ1n) is 18.7. The van der Waals surface area contributed by atoms with Gasteiger partial charge in [-0.1, -0.05) is 133 Å². The molecule has 8 rings (SSSR count). The zero-order valence-corrected chi connectivity index (χ0v) is 35.7. The fraction of sp³-hybridized carbons (Fsp3) is 0.280. The molecule has 0 unspecified atom stereocenters. The van der Waals surface area contributed by atoms with E-state index in [-0.39, 0.29) is 30.9 Å². The van der Waals surface area contributed by atoms with Crippen LogP contribution in [0.3, 0.4) is 0 Å². The molecule has 0 saturated heterocycles. The van der Waals surface area contributed by atoms with Crippen molar-refractivity contribution in [3.05, 3.63) is 143 Å². The molecular formula is C50H50IrN2O-2. The number of hydrogen-bond donors (Lipinski definition) is 0. The fourth-order valence-electron chi connectivity index (χ4n) is 7.28. The van der Waals surface area contributed by atoms with Gasteiger partial charge in [0, 0.05) is 43.3 Å². The van der Waals surface area contributed by atoms with Gasteiger partial charge in [-0.2, -0.15) is 0 Å². The molecule has 0 aliphatic heterocycles. The molecule has 0 aliphatic rings. The number of benzene rings is 5. The van der Waals surface area contributed by atoms with Gasteiger partial charge in [-0.05, 0) is 81.8 Å². The molecule has 3 aromatic heterocycles. The molecule has 0 saturated carbocycles. The maximum absolute atomic E-state index is 6.64. The van der Waals surface area contributed by atoms with Gasteiger partial charge in [0.1, 0.15) is 5.58 Å². The Hall–Kier alpha value is -4.63. The van der Waals surface area contributed by atoms with Crippen molar-refractivity contribution in [1.29, 1.82) is 0 Å². The van der Waals surface area contributed by atoms with Gasteiger partial charge < -0.3 is 14.4 Å². The van der Waals surface area contributed by atoms with Crippen molar-refractivity contribution in [2.45, 2.75) is 82.1 Å². The molecule has 0 bridgehead atoms. The molecule has 4 heteroatoms. The van der Waals surface area contributed by atoms with Crippen molar-refractivity contribution in [2.75, 3.05) is 0 Å². The normalized spacial score (nSPS) is 11.9. The van der Waals surface area contributed by atoms with Crippen LogP contribution in [0.5, 0.6) is 0 Å². The summed E-state index contributed by atoms with van der Waals surface area (Å²) < 4.78 is 6.64. The molecule has 0 aliphatic carbocycles. The first kappa shape index (κ1) is 39.1. The van der Waals surface area contributed by atoms with Crippen LogP contribution >= 0.6 is 0 Å². The minimum atomic E-state index is 0. The Labute approximate surface area is 334 Å². The van der Waals surface area contributed by atoms with E-state index >= 15 is 0 Å². The van der Waals surface area contributed by atoms with Crippen molar-refractivity contribution in [3.8, 4) is 22.5 Å². The second kappa shape index (κ2) is 15.2. The van der Waals surface area contributed by atoms with Crippen molar-refractivity contribution in [1.82, 2.24) is 9.97 Å². The van der Waals surface area contributed by atoms with Crippen LogP contribution in [0.4, 0.5) is 0 Å². The van der Waals surface area contributed by atoms with Gasteiger partial charge in [-0.3, -0.25) is 0 Å². The van der Waals surface area contributed by atoms with Crippen LogP contribution in [0, 0.1) is 50.7 Å². The van der Waals surface area contributed by atoms with E-state index in [0.717, 1.165) is 62.9 Å². The van der Waals surface area contributed by atoms with Crippen LogP contribution in [0.1, 0.15) is 74.9 Å². The summed E-state index contributed by atoms with van der Waals surface area (Å²) in [6, 6.07) is 36.7. The third kappa shape index (κ3) is 8.21. The first-order valence-corrected chi connectivity index (χ1v) is 18.7. The maximum Gasteiger partial charge on any atom is 0.129 e. The number of fused-ring (bicyclic) bond motifs is 7. The van der Waals surface area contributed by atoms with Gasteiger partial charge in [0.2, 0.25) is 0 Å². The van der Waals surface area contributed by atoms with E-state index in [4.69, 9.17) is 9.40 Å². The smallest absolute Gasteiger partial charge is 0.129 e. The zero-order chi connectivity index (χ0) is 37.7. The Balaban J connectivity index is 0.000000188. The molecule has 0 N–H and O–H groups in total. The van der Waals surface area contributed by atoms with Crippen LogP contribution < -0.4 is 0 Å². The summed E-state index contributed by atoms with van der Waals surface area (Å²) in [5, 5.41) is 7.08. The van der Waals surface area contributed by atoms with Crippen molar-refractivity contribution < 1.29 is 24.5 Å². The van der Waals surface area contributed by atoms with E-state index in [0.29, 0.717) is 0 Å². The molecule has 0 fully saturated rings. The number of rotatable bonds is 4. The molecule has 1 radical (unpaired) electrons. The Morgan fingerprint density at radius 2 is 1.26 bits per heavy atom. The van der Waals surface area contributed by atoms with Crippen LogP contribution in [-0.4, -0.2) is 9.97 Å². The molecule has 3 heterocycles. The van der Waals surface area contributed by atoms with Gasteiger partial charge >= 0.3 is 0 Å². The summed E-state index contributed by atoms with van der Waals surface area (Å²) in [6.45, 7) is 22.2. The Bertz CT molecular complexity index is 2620. The van der Waals surface area contributed by atoms with Crippen molar-refractivity contribution in [3.63, 3.8) is 0 Å². The largest absolute Gasteiger partial charge is 0.500 e. The maximum atomic E-state index is 6.64. The van der Waals surface area contributed by atoms with E-state index < -0.39 is 0 Å². The molecule has 0 spiro atoms. The monoisotopic (exact) mass is 887 g/mol. The number of pyridine rings is 2. The molecule has 5 aromatic carbocycles. The van der Waals surface area contributed by atoms with Gasteiger partial charge in [0.05, 0.1) is 5.58 Å². The quantitative estimate of drug-likeness (QED) is 0.131. The summed E-state index contributed by atoms with van der Waals surface area (Å²) in [5.41, 5.74) is 13.9. The van der Waals surface area contributed by atoms with Gasteiger partial charge in [-0.15, -0.1) is 53.1 Å². The molecule has 3 nitrogen and oxygen atoms in total. The average Bonchev–Trinajstić information content (AvgIpc) is 3.50. The molecule has 277 valence electrons. The van der Waals surface area contributed by atoms with Gasteiger partial charge in [0.25, 0.3) is 0 Å². The molecule has 54 heavy (non-hydrogen) atoms. The van der Waals surface area contributed by atoms with Gasteiger partial charge in [-0.25, -0.2) is 0 Å². The summed E-state index contributed by atoms with van der Waals surface area (Å²) in [6.07, 6.45) is 6.13. The van der Waals surface area contributed by atoms with E-state index in [1.165, 1.54) is 49.4 Å². The zero-order valence-electron chi connectivity index (χ0n) is 33.3. The molecule has 8 aromatic rings. The second-order valence-electron chi connectivity index (χ2n) is 17.2. The van der Waals surface area contributed by atoms with Crippen LogP contribution in [-0.2, 0) is 32.9 Å². The fourth-order valence-corrected chi connectivity index (χ4v) is 7.28. The summed E-state index contributed by atoms with van der Waals surface area (Å²) in [4.78, 5) is 9.40. The molecular weight excluding hydrogens is 837 g/mol. The number of hydrogen-bond acceptors (Lipinski definition) is 3. The van der Waals surface area contributed by atoms with Crippen LogP contribution in [0.25, 0.3) is 66.0 Å². The summed E-state index contributed by atoms with van der Waals surface area (Å²) >= 11 is 0. The topological polar surface area (TPSA) is 38.9 Å². The van der Waals surface area contributed by atoms with Crippen LogP contribution in [0.2, 0.25) is 0 Å². The number of nitrogens with zero attached hydrogens (tertiary/aromatic N) is 2. The van der Waals surface area contributed by atoms with Crippen molar-refractivity contribution >= 4 is 43.5 Å². The SMILES string of the molecule is Cc1c[c-]c(-c2cc(CC(C)(C)C)c(CC(C)(C)C)cn2)cc1.Cc1cnc(-c2[c-]cc(C)c3c2oc2c3ccc3ccc4ccccc4c32)cc1C.[Ir]. The first-order chi connectivity index (χ1) is 25.1.